The number of amides is 1. The fourth-order valence-corrected chi connectivity index (χ4v) is 3.78. The maximum Gasteiger partial charge on any atom is 0.233 e. The summed E-state index contributed by atoms with van der Waals surface area (Å²) in [5.41, 5.74) is 3.44. The van der Waals surface area contributed by atoms with Crippen molar-refractivity contribution in [2.24, 2.45) is 5.92 Å². The van der Waals surface area contributed by atoms with Crippen LogP contribution in [0, 0.1) is 5.92 Å². The minimum atomic E-state index is 0.0606. The molecule has 1 saturated heterocycles. The lowest BCUT2D eigenvalue weighted by molar-refractivity contribution is -0.121. The zero-order valence-corrected chi connectivity index (χ0v) is 15.6. The Morgan fingerprint density at radius 1 is 1.21 bits per heavy atom. The first kappa shape index (κ1) is 16.9. The molecule has 8 heteroatoms. The van der Waals surface area contributed by atoms with Crippen LogP contribution in [0.4, 0.5) is 5.69 Å². The summed E-state index contributed by atoms with van der Waals surface area (Å²) >= 11 is 0. The molecule has 4 aromatic rings. The lowest BCUT2D eigenvalue weighted by Gasteiger charge is -2.28. The largest absolute Gasteiger partial charge is 0.346 e. The summed E-state index contributed by atoms with van der Waals surface area (Å²) in [4.78, 5) is 31.1. The monoisotopic (exact) mass is 375 g/mol. The number of aromatic nitrogens is 5. The first-order valence-corrected chi connectivity index (χ1v) is 9.43. The van der Waals surface area contributed by atoms with Crippen LogP contribution in [0.5, 0.6) is 0 Å². The van der Waals surface area contributed by atoms with Crippen molar-refractivity contribution in [3.63, 3.8) is 0 Å². The normalized spacial score (nSPS) is 16.0. The van der Waals surface area contributed by atoms with Gasteiger partial charge in [0.1, 0.15) is 5.65 Å². The summed E-state index contributed by atoms with van der Waals surface area (Å²) in [5, 5.41) is 3.99. The Balaban J connectivity index is 1.44. The highest BCUT2D eigenvalue weighted by Crippen LogP contribution is 2.29. The standard InChI is InChI=1S/C20H21N7O/c1-26-5-2-13(3-6-26)19(28)25-15-8-16-17(11-23-18(16)22-10-15)14-9-24-20-21-4-7-27(20)12-14/h4,7-13H,2-3,5-6H2,1H3,(H,22,23)(H,25,28). The van der Waals surface area contributed by atoms with Gasteiger partial charge in [0.25, 0.3) is 0 Å². The molecular weight excluding hydrogens is 354 g/mol. The summed E-state index contributed by atoms with van der Waals surface area (Å²) in [6, 6.07) is 1.97. The fraction of sp³-hybridized carbons (Fsp3) is 0.300. The number of aromatic amines is 1. The maximum absolute atomic E-state index is 12.6. The van der Waals surface area contributed by atoms with Gasteiger partial charge in [-0.25, -0.2) is 15.0 Å². The number of carbonyl (C=O) groups excluding carboxylic acids is 1. The van der Waals surface area contributed by atoms with Crippen LogP contribution in [0.15, 0.2) is 43.2 Å². The summed E-state index contributed by atoms with van der Waals surface area (Å²) in [6.45, 7) is 1.92. The topological polar surface area (TPSA) is 91.2 Å². The highest BCUT2D eigenvalue weighted by Gasteiger charge is 2.23. The van der Waals surface area contributed by atoms with Gasteiger partial charge in [-0.15, -0.1) is 0 Å². The van der Waals surface area contributed by atoms with E-state index in [0.717, 1.165) is 48.1 Å². The number of hydrogen-bond donors (Lipinski definition) is 2. The average Bonchev–Trinajstić information content (AvgIpc) is 3.34. The molecule has 0 spiro atoms. The Kier molecular flexibility index (Phi) is 4.05. The van der Waals surface area contributed by atoms with Gasteiger partial charge in [-0.3, -0.25) is 9.20 Å². The number of likely N-dealkylation sites (tertiary alicyclic amines) is 1. The van der Waals surface area contributed by atoms with Crippen LogP contribution in [0.2, 0.25) is 0 Å². The van der Waals surface area contributed by atoms with E-state index in [1.807, 2.05) is 29.1 Å². The van der Waals surface area contributed by atoms with Gasteiger partial charge in [-0.1, -0.05) is 0 Å². The zero-order valence-electron chi connectivity index (χ0n) is 15.6. The third kappa shape index (κ3) is 3.01. The number of fused-ring (bicyclic) bond motifs is 2. The van der Waals surface area contributed by atoms with Crippen molar-refractivity contribution in [3.8, 4) is 11.1 Å². The summed E-state index contributed by atoms with van der Waals surface area (Å²) in [5.74, 6) is 0.797. The Hall–Kier alpha value is -3.26. The molecule has 28 heavy (non-hydrogen) atoms. The second kappa shape index (κ2) is 6.72. The number of pyridine rings is 1. The third-order valence-electron chi connectivity index (χ3n) is 5.44. The number of imidazole rings is 1. The zero-order chi connectivity index (χ0) is 19.1. The van der Waals surface area contributed by atoms with Crippen LogP contribution >= 0.6 is 0 Å². The van der Waals surface area contributed by atoms with E-state index in [0.29, 0.717) is 11.5 Å². The number of nitrogens with zero attached hydrogens (tertiary/aromatic N) is 5. The highest BCUT2D eigenvalue weighted by molar-refractivity contribution is 5.98. The molecule has 1 amide bonds. The lowest BCUT2D eigenvalue weighted by Crippen LogP contribution is -2.35. The van der Waals surface area contributed by atoms with Gasteiger partial charge in [0.05, 0.1) is 11.9 Å². The number of hydrogen-bond acceptors (Lipinski definition) is 5. The minimum absolute atomic E-state index is 0.0606. The summed E-state index contributed by atoms with van der Waals surface area (Å²) in [6.07, 6.45) is 12.8. The Morgan fingerprint density at radius 3 is 2.93 bits per heavy atom. The second-order valence-electron chi connectivity index (χ2n) is 7.37. The summed E-state index contributed by atoms with van der Waals surface area (Å²) in [7, 11) is 2.09. The van der Waals surface area contributed by atoms with Crippen molar-refractivity contribution in [1.82, 2.24) is 29.2 Å². The predicted molar refractivity (Wildman–Crippen MR) is 107 cm³/mol. The van der Waals surface area contributed by atoms with E-state index >= 15 is 0 Å². The van der Waals surface area contributed by atoms with Crippen LogP contribution in [0.1, 0.15) is 12.8 Å². The summed E-state index contributed by atoms with van der Waals surface area (Å²) < 4.78 is 1.88. The molecule has 0 unspecified atom stereocenters. The second-order valence-corrected chi connectivity index (χ2v) is 7.37. The molecule has 0 bridgehead atoms. The third-order valence-corrected chi connectivity index (χ3v) is 5.44. The maximum atomic E-state index is 12.6. The van der Waals surface area contributed by atoms with E-state index < -0.39 is 0 Å². The molecule has 0 aliphatic carbocycles. The molecule has 5 rings (SSSR count). The van der Waals surface area contributed by atoms with E-state index in [4.69, 9.17) is 0 Å². The van der Waals surface area contributed by atoms with E-state index in [1.54, 1.807) is 18.6 Å². The van der Waals surface area contributed by atoms with Crippen molar-refractivity contribution in [1.29, 1.82) is 0 Å². The first-order valence-electron chi connectivity index (χ1n) is 9.43. The van der Waals surface area contributed by atoms with Crippen LogP contribution in [-0.2, 0) is 4.79 Å². The smallest absolute Gasteiger partial charge is 0.233 e. The number of nitrogens with one attached hydrogen (secondary N) is 2. The number of carbonyl (C=O) groups is 1. The van der Waals surface area contributed by atoms with E-state index in [9.17, 15) is 4.79 Å². The Labute approximate surface area is 161 Å². The minimum Gasteiger partial charge on any atom is -0.346 e. The Bertz CT molecular complexity index is 1150. The van der Waals surface area contributed by atoms with Crippen molar-refractivity contribution in [2.45, 2.75) is 12.8 Å². The van der Waals surface area contributed by atoms with Crippen molar-refractivity contribution in [2.75, 3.05) is 25.5 Å². The van der Waals surface area contributed by atoms with E-state index in [-0.39, 0.29) is 11.8 Å². The molecule has 0 aromatic carbocycles. The van der Waals surface area contributed by atoms with Gasteiger partial charge in [0.15, 0.2) is 0 Å². The van der Waals surface area contributed by atoms with E-state index in [2.05, 4.69) is 37.2 Å². The number of piperidine rings is 1. The average molecular weight is 375 g/mol. The van der Waals surface area contributed by atoms with Gasteiger partial charge < -0.3 is 15.2 Å². The molecule has 5 heterocycles. The van der Waals surface area contributed by atoms with Crippen LogP contribution < -0.4 is 5.32 Å². The fourth-order valence-electron chi connectivity index (χ4n) is 3.78. The van der Waals surface area contributed by atoms with Gasteiger partial charge >= 0.3 is 0 Å². The van der Waals surface area contributed by atoms with Gasteiger partial charge in [-0.05, 0) is 39.0 Å². The van der Waals surface area contributed by atoms with Gasteiger partial charge in [0.2, 0.25) is 11.7 Å². The molecule has 1 aliphatic heterocycles. The Morgan fingerprint density at radius 2 is 2.07 bits per heavy atom. The van der Waals surface area contributed by atoms with Gasteiger partial charge in [-0.2, -0.15) is 0 Å². The first-order chi connectivity index (χ1) is 13.7. The highest BCUT2D eigenvalue weighted by atomic mass is 16.1. The molecule has 4 aromatic heterocycles. The quantitative estimate of drug-likeness (QED) is 0.574. The molecule has 1 fully saturated rings. The van der Waals surface area contributed by atoms with Crippen LogP contribution in [0.3, 0.4) is 0 Å². The molecule has 0 radical (unpaired) electrons. The van der Waals surface area contributed by atoms with Crippen molar-refractivity contribution < 1.29 is 4.79 Å². The van der Waals surface area contributed by atoms with Crippen LogP contribution in [0.25, 0.3) is 27.9 Å². The van der Waals surface area contributed by atoms with Crippen molar-refractivity contribution >= 4 is 28.4 Å². The molecular formula is C20H21N7O. The number of anilines is 1. The number of H-pyrrole nitrogens is 1. The SMILES string of the molecule is CN1CCC(C(=O)Nc2cnc3[nH]cc(-c4cnc5nccn5c4)c3c2)CC1. The lowest BCUT2D eigenvalue weighted by atomic mass is 9.96. The number of rotatable bonds is 3. The van der Waals surface area contributed by atoms with Crippen molar-refractivity contribution in [3.05, 3.63) is 43.2 Å². The molecule has 142 valence electrons. The van der Waals surface area contributed by atoms with Crippen LogP contribution in [-0.4, -0.2) is 55.3 Å². The predicted octanol–water partition coefficient (Wildman–Crippen LogP) is 2.55. The molecule has 0 saturated carbocycles. The van der Waals surface area contributed by atoms with E-state index in [1.165, 1.54) is 0 Å². The molecule has 8 nitrogen and oxygen atoms in total. The molecule has 1 aliphatic rings. The molecule has 0 atom stereocenters. The van der Waals surface area contributed by atoms with Gasteiger partial charge in [0, 0.05) is 53.4 Å². The molecule has 2 N–H and O–H groups in total.